The van der Waals surface area contributed by atoms with Crippen molar-refractivity contribution in [1.29, 1.82) is 0 Å². The average molecular weight is 228 g/mol. The molecule has 84 valence electrons. The van der Waals surface area contributed by atoms with Crippen molar-refractivity contribution in [3.63, 3.8) is 0 Å². The molecular formula is C11H16O3S. The summed E-state index contributed by atoms with van der Waals surface area (Å²) in [5, 5.41) is 28.9. The molecule has 0 aliphatic carbocycles. The number of aliphatic hydroxyl groups is 2. The summed E-state index contributed by atoms with van der Waals surface area (Å²) in [5.41, 5.74) is 1.30. The van der Waals surface area contributed by atoms with Crippen LogP contribution in [0.2, 0.25) is 0 Å². The number of benzene rings is 1. The van der Waals surface area contributed by atoms with Gasteiger partial charge in [0, 0.05) is 5.56 Å². The minimum absolute atomic E-state index is 0.00585. The van der Waals surface area contributed by atoms with Crippen LogP contribution in [0.4, 0.5) is 0 Å². The molecule has 0 heterocycles. The Morgan fingerprint density at radius 1 is 1.33 bits per heavy atom. The Morgan fingerprint density at radius 3 is 2.60 bits per heavy atom. The molecule has 0 spiro atoms. The quantitative estimate of drug-likeness (QED) is 0.589. The third-order valence-corrected chi connectivity index (χ3v) is 2.55. The summed E-state index contributed by atoms with van der Waals surface area (Å²) in [5.74, 6) is 0.497. The van der Waals surface area contributed by atoms with Crippen LogP contribution >= 0.6 is 12.6 Å². The van der Waals surface area contributed by atoms with Crippen LogP contribution in [0.25, 0.3) is 0 Å². The van der Waals surface area contributed by atoms with E-state index in [4.69, 9.17) is 0 Å². The number of rotatable bonds is 4. The maximum absolute atomic E-state index is 9.78. The van der Waals surface area contributed by atoms with Gasteiger partial charge in [-0.2, -0.15) is 12.6 Å². The highest BCUT2D eigenvalue weighted by atomic mass is 32.1. The SMILES string of the molecule is Cc1ccc(O)c(C(O)C(O)CCS)c1. The predicted octanol–water partition coefficient (Wildman–Crippen LogP) is 1.41. The molecule has 2 unspecified atom stereocenters. The van der Waals surface area contributed by atoms with E-state index in [1.807, 2.05) is 6.92 Å². The van der Waals surface area contributed by atoms with E-state index < -0.39 is 12.2 Å². The van der Waals surface area contributed by atoms with Crippen LogP contribution in [0.15, 0.2) is 18.2 Å². The Bertz CT molecular complexity index is 328. The lowest BCUT2D eigenvalue weighted by Crippen LogP contribution is -2.18. The molecule has 0 bridgehead atoms. The standard InChI is InChI=1S/C11H16O3S/c1-7-2-3-9(12)8(6-7)11(14)10(13)4-5-15/h2-3,6,10-15H,4-5H2,1H3. The molecule has 0 fully saturated rings. The molecule has 0 aromatic heterocycles. The molecule has 3 nitrogen and oxygen atoms in total. The predicted molar refractivity (Wildman–Crippen MR) is 62.3 cm³/mol. The first-order valence-electron chi connectivity index (χ1n) is 4.82. The van der Waals surface area contributed by atoms with Gasteiger partial charge in [-0.1, -0.05) is 11.6 Å². The first kappa shape index (κ1) is 12.4. The topological polar surface area (TPSA) is 60.7 Å². The van der Waals surface area contributed by atoms with Crippen molar-refractivity contribution in [2.24, 2.45) is 0 Å². The van der Waals surface area contributed by atoms with Crippen molar-refractivity contribution in [2.45, 2.75) is 25.6 Å². The minimum atomic E-state index is -1.06. The Labute approximate surface area is 94.8 Å². The largest absolute Gasteiger partial charge is 0.508 e. The second-order valence-electron chi connectivity index (χ2n) is 3.59. The molecule has 1 aromatic carbocycles. The van der Waals surface area contributed by atoms with Crippen LogP contribution < -0.4 is 0 Å². The van der Waals surface area contributed by atoms with Gasteiger partial charge in [-0.15, -0.1) is 0 Å². The maximum Gasteiger partial charge on any atom is 0.121 e. The highest BCUT2D eigenvalue weighted by Gasteiger charge is 2.20. The summed E-state index contributed by atoms with van der Waals surface area (Å²) >= 11 is 3.98. The molecule has 0 saturated carbocycles. The average Bonchev–Trinajstić information content (AvgIpc) is 2.21. The van der Waals surface area contributed by atoms with E-state index in [9.17, 15) is 15.3 Å². The lowest BCUT2D eigenvalue weighted by atomic mass is 10.00. The smallest absolute Gasteiger partial charge is 0.121 e. The van der Waals surface area contributed by atoms with Crippen molar-refractivity contribution in [2.75, 3.05) is 5.75 Å². The normalized spacial score (nSPS) is 14.9. The van der Waals surface area contributed by atoms with E-state index in [0.717, 1.165) is 5.56 Å². The van der Waals surface area contributed by atoms with Gasteiger partial charge in [0.2, 0.25) is 0 Å². The van der Waals surface area contributed by atoms with Gasteiger partial charge in [0.05, 0.1) is 6.10 Å². The Morgan fingerprint density at radius 2 is 2.00 bits per heavy atom. The zero-order chi connectivity index (χ0) is 11.4. The maximum atomic E-state index is 9.78. The van der Waals surface area contributed by atoms with Gasteiger partial charge in [0.1, 0.15) is 11.9 Å². The summed E-state index contributed by atoms with van der Waals surface area (Å²) in [7, 11) is 0. The van der Waals surface area contributed by atoms with Crippen molar-refractivity contribution < 1.29 is 15.3 Å². The van der Waals surface area contributed by atoms with Gasteiger partial charge >= 0.3 is 0 Å². The van der Waals surface area contributed by atoms with Gasteiger partial charge < -0.3 is 15.3 Å². The van der Waals surface area contributed by atoms with Crippen LogP contribution in [-0.2, 0) is 0 Å². The van der Waals surface area contributed by atoms with Crippen LogP contribution in [0.3, 0.4) is 0 Å². The number of aryl methyl sites for hydroxylation is 1. The number of aliphatic hydroxyl groups excluding tert-OH is 2. The fraction of sp³-hybridized carbons (Fsp3) is 0.455. The monoisotopic (exact) mass is 228 g/mol. The molecule has 0 saturated heterocycles. The Kier molecular flexibility index (Phi) is 4.45. The molecule has 1 rings (SSSR count). The Balaban J connectivity index is 2.89. The van der Waals surface area contributed by atoms with E-state index >= 15 is 0 Å². The van der Waals surface area contributed by atoms with Gasteiger partial charge in [-0.05, 0) is 31.2 Å². The molecule has 4 heteroatoms. The molecule has 0 amide bonds. The highest BCUT2D eigenvalue weighted by molar-refractivity contribution is 7.80. The van der Waals surface area contributed by atoms with E-state index in [1.165, 1.54) is 6.07 Å². The van der Waals surface area contributed by atoms with Crippen LogP contribution in [0, 0.1) is 6.92 Å². The zero-order valence-electron chi connectivity index (χ0n) is 8.59. The molecule has 15 heavy (non-hydrogen) atoms. The summed E-state index contributed by atoms with van der Waals surface area (Å²) in [6.45, 7) is 1.86. The van der Waals surface area contributed by atoms with Gasteiger partial charge in [0.15, 0.2) is 0 Å². The van der Waals surface area contributed by atoms with Crippen molar-refractivity contribution in [1.82, 2.24) is 0 Å². The lowest BCUT2D eigenvalue weighted by Gasteiger charge is -2.18. The van der Waals surface area contributed by atoms with Gasteiger partial charge in [0.25, 0.3) is 0 Å². The third kappa shape index (κ3) is 3.12. The third-order valence-electron chi connectivity index (χ3n) is 2.29. The minimum Gasteiger partial charge on any atom is -0.508 e. The molecule has 0 aliphatic heterocycles. The summed E-state index contributed by atoms with van der Waals surface area (Å²) < 4.78 is 0. The molecule has 1 aromatic rings. The van der Waals surface area contributed by atoms with Crippen molar-refractivity contribution in [3.8, 4) is 5.75 Å². The lowest BCUT2D eigenvalue weighted by molar-refractivity contribution is 0.0159. The number of thiol groups is 1. The van der Waals surface area contributed by atoms with Crippen LogP contribution in [0.1, 0.15) is 23.7 Å². The molecule has 0 aliphatic rings. The van der Waals surface area contributed by atoms with E-state index in [0.29, 0.717) is 17.7 Å². The second kappa shape index (κ2) is 5.39. The Hall–Kier alpha value is -0.710. The fourth-order valence-corrected chi connectivity index (χ4v) is 1.67. The number of phenols is 1. The van der Waals surface area contributed by atoms with E-state index in [1.54, 1.807) is 12.1 Å². The molecular weight excluding hydrogens is 212 g/mol. The summed E-state index contributed by atoms with van der Waals surface area (Å²) in [6.07, 6.45) is -1.57. The molecule has 0 radical (unpaired) electrons. The molecule has 3 N–H and O–H groups in total. The molecule has 2 atom stereocenters. The van der Waals surface area contributed by atoms with Crippen molar-refractivity contribution in [3.05, 3.63) is 29.3 Å². The number of hydrogen-bond acceptors (Lipinski definition) is 4. The van der Waals surface area contributed by atoms with Crippen LogP contribution in [-0.4, -0.2) is 27.2 Å². The van der Waals surface area contributed by atoms with E-state index in [2.05, 4.69) is 12.6 Å². The fourth-order valence-electron chi connectivity index (χ4n) is 1.41. The summed E-state index contributed by atoms with van der Waals surface area (Å²) in [4.78, 5) is 0. The first-order valence-corrected chi connectivity index (χ1v) is 5.46. The van der Waals surface area contributed by atoms with Gasteiger partial charge in [-0.3, -0.25) is 0 Å². The zero-order valence-corrected chi connectivity index (χ0v) is 9.48. The number of hydrogen-bond donors (Lipinski definition) is 4. The van der Waals surface area contributed by atoms with Gasteiger partial charge in [-0.25, -0.2) is 0 Å². The summed E-state index contributed by atoms with van der Waals surface area (Å²) in [6, 6.07) is 4.93. The van der Waals surface area contributed by atoms with E-state index in [-0.39, 0.29) is 5.75 Å². The number of phenolic OH excluding ortho intramolecular Hbond substituents is 1. The van der Waals surface area contributed by atoms with Crippen LogP contribution in [0.5, 0.6) is 5.75 Å². The van der Waals surface area contributed by atoms with Crippen molar-refractivity contribution >= 4 is 12.6 Å². The second-order valence-corrected chi connectivity index (χ2v) is 4.03. The number of aromatic hydroxyl groups is 1. The highest BCUT2D eigenvalue weighted by Crippen LogP contribution is 2.28. The first-order chi connectivity index (χ1) is 7.06.